The van der Waals surface area contributed by atoms with Gasteiger partial charge in [-0.25, -0.2) is 4.68 Å². The molecule has 1 saturated heterocycles. The third kappa shape index (κ3) is 4.06. The maximum absolute atomic E-state index is 12.4. The number of likely N-dealkylation sites (tertiary alicyclic amines) is 1. The van der Waals surface area contributed by atoms with Crippen molar-refractivity contribution in [2.24, 2.45) is 13.0 Å². The summed E-state index contributed by atoms with van der Waals surface area (Å²) >= 11 is 1.51. The van der Waals surface area contributed by atoms with E-state index in [0.29, 0.717) is 32.0 Å². The van der Waals surface area contributed by atoms with Gasteiger partial charge in [0.15, 0.2) is 0 Å². The number of amides is 2. The van der Waals surface area contributed by atoms with Crippen LogP contribution in [0, 0.1) is 5.92 Å². The van der Waals surface area contributed by atoms with Crippen molar-refractivity contribution in [2.45, 2.75) is 49.7 Å². The van der Waals surface area contributed by atoms with E-state index in [4.69, 9.17) is 0 Å². The summed E-state index contributed by atoms with van der Waals surface area (Å²) in [4.78, 5) is 26.5. The van der Waals surface area contributed by atoms with Crippen LogP contribution in [-0.2, 0) is 16.6 Å². The molecule has 1 aromatic heterocycles. The number of nitrogens with one attached hydrogen (secondary N) is 1. The Bertz CT molecular complexity index is 586. The van der Waals surface area contributed by atoms with Crippen molar-refractivity contribution in [1.29, 1.82) is 0 Å². The molecule has 24 heavy (non-hydrogen) atoms. The van der Waals surface area contributed by atoms with E-state index in [-0.39, 0.29) is 17.7 Å². The van der Waals surface area contributed by atoms with E-state index in [0.717, 1.165) is 23.8 Å². The summed E-state index contributed by atoms with van der Waals surface area (Å²) < 4.78 is 1.61. The average molecular weight is 352 g/mol. The van der Waals surface area contributed by atoms with Crippen molar-refractivity contribution < 1.29 is 9.59 Å². The van der Waals surface area contributed by atoms with E-state index in [1.807, 2.05) is 4.90 Å². The highest BCUT2D eigenvalue weighted by Gasteiger charge is 2.34. The number of thioether (sulfide) groups is 1. The van der Waals surface area contributed by atoms with Crippen LogP contribution in [0.5, 0.6) is 0 Å². The number of carbonyl (C=O) groups is 2. The fourth-order valence-corrected chi connectivity index (χ4v) is 4.16. The Morgan fingerprint density at radius 1 is 1.33 bits per heavy atom. The standard InChI is InChI=1S/C15H24N6O2S/c1-20-15(17-18-19-20)24-9-8-16-14(23)11-6-7-13(22)21(10-11)12-4-2-3-5-12/h11-12H,2-10H2,1H3,(H,16,23). The summed E-state index contributed by atoms with van der Waals surface area (Å²) in [5.74, 6) is 0.918. The molecule has 2 fully saturated rings. The molecule has 2 heterocycles. The van der Waals surface area contributed by atoms with Crippen LogP contribution in [0.2, 0.25) is 0 Å². The smallest absolute Gasteiger partial charge is 0.224 e. The molecule has 0 radical (unpaired) electrons. The van der Waals surface area contributed by atoms with Gasteiger partial charge in [-0.1, -0.05) is 24.6 Å². The molecule has 2 aliphatic rings. The van der Waals surface area contributed by atoms with Gasteiger partial charge in [0.2, 0.25) is 17.0 Å². The molecule has 2 amide bonds. The summed E-state index contributed by atoms with van der Waals surface area (Å²) in [6.07, 6.45) is 5.71. The molecule has 8 nitrogen and oxygen atoms in total. The molecule has 132 valence electrons. The summed E-state index contributed by atoms with van der Waals surface area (Å²) in [5.41, 5.74) is 0. The normalized spacial score (nSPS) is 22.1. The van der Waals surface area contributed by atoms with E-state index >= 15 is 0 Å². The first-order chi connectivity index (χ1) is 11.6. The van der Waals surface area contributed by atoms with Crippen molar-refractivity contribution in [3.63, 3.8) is 0 Å². The van der Waals surface area contributed by atoms with E-state index in [9.17, 15) is 9.59 Å². The number of nitrogens with zero attached hydrogens (tertiary/aromatic N) is 5. The predicted molar refractivity (Wildman–Crippen MR) is 89.2 cm³/mol. The molecule has 1 unspecified atom stereocenters. The van der Waals surface area contributed by atoms with Gasteiger partial charge in [-0.2, -0.15) is 0 Å². The van der Waals surface area contributed by atoms with Crippen LogP contribution in [-0.4, -0.2) is 61.8 Å². The Labute approximate surface area is 145 Å². The van der Waals surface area contributed by atoms with Gasteiger partial charge in [-0.05, 0) is 29.7 Å². The maximum Gasteiger partial charge on any atom is 0.224 e. The molecule has 1 aromatic rings. The Kier molecular flexibility index (Phi) is 5.70. The lowest BCUT2D eigenvalue weighted by atomic mass is 9.95. The Balaban J connectivity index is 1.42. The second kappa shape index (κ2) is 7.96. The molecule has 1 aliphatic carbocycles. The predicted octanol–water partition coefficient (Wildman–Crippen LogP) is 0.600. The van der Waals surface area contributed by atoms with Gasteiger partial charge in [0, 0.05) is 38.4 Å². The fourth-order valence-electron chi connectivity index (χ4n) is 3.46. The molecule has 1 aliphatic heterocycles. The Morgan fingerprint density at radius 2 is 2.12 bits per heavy atom. The average Bonchev–Trinajstić information content (AvgIpc) is 3.24. The van der Waals surface area contributed by atoms with Crippen LogP contribution >= 0.6 is 11.8 Å². The van der Waals surface area contributed by atoms with E-state index < -0.39 is 0 Å². The number of rotatable bonds is 6. The Morgan fingerprint density at radius 3 is 2.83 bits per heavy atom. The number of hydrogen-bond donors (Lipinski definition) is 1. The van der Waals surface area contributed by atoms with Crippen LogP contribution < -0.4 is 5.32 Å². The second-order valence-corrected chi connectivity index (χ2v) is 7.51. The minimum atomic E-state index is -0.0789. The van der Waals surface area contributed by atoms with Gasteiger partial charge in [0.05, 0.1) is 5.92 Å². The number of tetrazole rings is 1. The first-order valence-corrected chi connectivity index (χ1v) is 9.56. The lowest BCUT2D eigenvalue weighted by Gasteiger charge is -2.36. The number of aromatic nitrogens is 4. The first-order valence-electron chi connectivity index (χ1n) is 8.57. The highest BCUT2D eigenvalue weighted by Crippen LogP contribution is 2.28. The lowest BCUT2D eigenvalue weighted by molar-refractivity contribution is -0.140. The van der Waals surface area contributed by atoms with Crippen LogP contribution in [0.25, 0.3) is 0 Å². The third-order valence-corrected chi connectivity index (χ3v) is 5.81. The zero-order chi connectivity index (χ0) is 16.9. The van der Waals surface area contributed by atoms with Crippen LogP contribution in [0.4, 0.5) is 0 Å². The van der Waals surface area contributed by atoms with Crippen molar-refractivity contribution in [2.75, 3.05) is 18.8 Å². The van der Waals surface area contributed by atoms with Crippen molar-refractivity contribution in [3.05, 3.63) is 0 Å². The molecule has 9 heteroatoms. The monoisotopic (exact) mass is 352 g/mol. The molecule has 1 N–H and O–H groups in total. The van der Waals surface area contributed by atoms with Gasteiger partial charge in [-0.15, -0.1) is 5.10 Å². The van der Waals surface area contributed by atoms with Crippen LogP contribution in [0.15, 0.2) is 5.16 Å². The van der Waals surface area contributed by atoms with Crippen molar-refractivity contribution >= 4 is 23.6 Å². The van der Waals surface area contributed by atoms with E-state index in [1.54, 1.807) is 11.7 Å². The van der Waals surface area contributed by atoms with Crippen LogP contribution in [0.1, 0.15) is 38.5 Å². The topological polar surface area (TPSA) is 93.0 Å². The fraction of sp³-hybridized carbons (Fsp3) is 0.800. The zero-order valence-electron chi connectivity index (χ0n) is 14.0. The minimum absolute atomic E-state index is 0.0576. The first kappa shape index (κ1) is 17.2. The summed E-state index contributed by atoms with van der Waals surface area (Å²) in [6.45, 7) is 1.15. The quantitative estimate of drug-likeness (QED) is 0.595. The molecular formula is C15H24N6O2S. The van der Waals surface area contributed by atoms with Gasteiger partial charge >= 0.3 is 0 Å². The molecule has 1 saturated carbocycles. The number of hydrogen-bond acceptors (Lipinski definition) is 6. The van der Waals surface area contributed by atoms with Gasteiger partial charge in [0.1, 0.15) is 0 Å². The third-order valence-electron chi connectivity index (χ3n) is 4.79. The Hall–Kier alpha value is -1.64. The molecule has 0 aromatic carbocycles. The largest absolute Gasteiger partial charge is 0.355 e. The minimum Gasteiger partial charge on any atom is -0.355 e. The van der Waals surface area contributed by atoms with Gasteiger partial charge < -0.3 is 10.2 Å². The van der Waals surface area contributed by atoms with Crippen molar-refractivity contribution in [1.82, 2.24) is 30.4 Å². The van der Waals surface area contributed by atoms with Gasteiger partial charge in [0.25, 0.3) is 0 Å². The molecule has 3 rings (SSSR count). The summed E-state index contributed by atoms with van der Waals surface area (Å²) in [7, 11) is 1.79. The molecular weight excluding hydrogens is 328 g/mol. The number of carbonyl (C=O) groups excluding carboxylic acids is 2. The van der Waals surface area contributed by atoms with Crippen LogP contribution in [0.3, 0.4) is 0 Å². The number of piperidine rings is 1. The lowest BCUT2D eigenvalue weighted by Crippen LogP contribution is -2.49. The zero-order valence-corrected chi connectivity index (χ0v) is 14.8. The maximum atomic E-state index is 12.4. The molecule has 0 spiro atoms. The molecule has 1 atom stereocenters. The second-order valence-electron chi connectivity index (χ2n) is 6.44. The summed E-state index contributed by atoms with van der Waals surface area (Å²) in [5, 5.41) is 15.0. The molecule has 0 bridgehead atoms. The SMILES string of the molecule is Cn1nnnc1SCCNC(=O)C1CCC(=O)N(C2CCCC2)C1. The highest BCUT2D eigenvalue weighted by molar-refractivity contribution is 7.99. The van der Waals surface area contributed by atoms with E-state index in [2.05, 4.69) is 20.8 Å². The summed E-state index contributed by atoms with van der Waals surface area (Å²) in [6, 6.07) is 0.354. The number of aryl methyl sites for hydroxylation is 1. The van der Waals surface area contributed by atoms with Gasteiger partial charge in [-0.3, -0.25) is 9.59 Å². The van der Waals surface area contributed by atoms with Crippen molar-refractivity contribution in [3.8, 4) is 0 Å². The van der Waals surface area contributed by atoms with E-state index in [1.165, 1.54) is 24.6 Å². The highest BCUT2D eigenvalue weighted by atomic mass is 32.2.